The lowest BCUT2D eigenvalue weighted by molar-refractivity contribution is -0.526. The van der Waals surface area contributed by atoms with Crippen molar-refractivity contribution in [2.75, 3.05) is 4.90 Å². The minimum Gasteiger partial charge on any atom is -0.490 e. The number of nitriles is 1. The number of carbonyl (C=O) groups excluding carboxylic acids is 1. The summed E-state index contributed by atoms with van der Waals surface area (Å²) >= 11 is 0. The van der Waals surface area contributed by atoms with E-state index in [0.717, 1.165) is 55.5 Å². The first-order valence-corrected chi connectivity index (χ1v) is 14.3. The molecule has 6 nitrogen and oxygen atoms in total. The van der Waals surface area contributed by atoms with E-state index in [1.807, 2.05) is 48.5 Å². The van der Waals surface area contributed by atoms with Gasteiger partial charge < -0.3 is 4.74 Å². The van der Waals surface area contributed by atoms with Crippen LogP contribution in [0, 0.1) is 16.7 Å². The van der Waals surface area contributed by atoms with Gasteiger partial charge in [-0.3, -0.25) is 15.5 Å². The predicted octanol–water partition coefficient (Wildman–Crippen LogP) is 4.99. The highest BCUT2D eigenvalue weighted by Gasteiger charge is 2.52. The Morgan fingerprint density at radius 2 is 1.85 bits per heavy atom. The van der Waals surface area contributed by atoms with Gasteiger partial charge in [-0.15, -0.1) is 0 Å². The lowest BCUT2D eigenvalue weighted by Gasteiger charge is -2.39. The number of ether oxygens (including phenoxy) is 1. The first-order valence-electron chi connectivity index (χ1n) is 14.3. The fourth-order valence-electron chi connectivity index (χ4n) is 6.31. The van der Waals surface area contributed by atoms with E-state index >= 15 is 0 Å². The molecule has 0 aromatic heterocycles. The molecule has 2 unspecified atom stereocenters. The summed E-state index contributed by atoms with van der Waals surface area (Å²) in [6.07, 6.45) is 13.4. The predicted molar refractivity (Wildman–Crippen MR) is 155 cm³/mol. The van der Waals surface area contributed by atoms with Gasteiger partial charge >= 0.3 is 5.96 Å². The molecule has 6 heteroatoms. The Labute approximate surface area is 231 Å². The third-order valence-electron chi connectivity index (χ3n) is 8.52. The summed E-state index contributed by atoms with van der Waals surface area (Å²) in [5.74, 6) is 1.24. The molecule has 1 fully saturated rings. The van der Waals surface area contributed by atoms with Crippen LogP contribution < -0.4 is 20.4 Å². The Hall–Kier alpha value is -3.85. The van der Waals surface area contributed by atoms with Gasteiger partial charge in [0.05, 0.1) is 29.2 Å². The molecule has 0 radical (unpaired) electrons. The standard InChI is InChI=1S/C33H38N4O2/c1-3-8-30-33(2,21-23-13-15-24(16-14-23)29-12-7-4-9-25(29)22-34)31(38)37(32(35)36-30)26-17-19-28(20-18-26)39-27-10-5-6-11-27/h4,7,9,12-13,15,17-20,27,30H,3,5-6,8,10-11,14,16,21H2,1-2H3,(H2,35,36)/p+1. The van der Waals surface area contributed by atoms with Gasteiger partial charge in [-0.1, -0.05) is 49.3 Å². The van der Waals surface area contributed by atoms with Crippen LogP contribution in [-0.2, 0) is 4.79 Å². The second-order valence-electron chi connectivity index (χ2n) is 11.3. The molecule has 1 saturated carbocycles. The summed E-state index contributed by atoms with van der Waals surface area (Å²) in [5.41, 5.74) is 10.7. The molecule has 39 heavy (non-hydrogen) atoms. The molecule has 2 aromatic carbocycles. The third-order valence-corrected chi connectivity index (χ3v) is 8.52. The van der Waals surface area contributed by atoms with Crippen LogP contribution in [0.5, 0.6) is 5.75 Å². The number of carbonyl (C=O) groups is 1. The highest BCUT2D eigenvalue weighted by molar-refractivity contribution is 6.16. The first-order chi connectivity index (χ1) is 18.9. The van der Waals surface area contributed by atoms with E-state index in [1.165, 1.54) is 24.0 Å². The zero-order valence-corrected chi connectivity index (χ0v) is 23.1. The number of nitrogens with zero attached hydrogens (tertiary/aromatic N) is 2. The maximum Gasteiger partial charge on any atom is 0.356 e. The number of anilines is 1. The zero-order valence-electron chi connectivity index (χ0n) is 23.1. The summed E-state index contributed by atoms with van der Waals surface area (Å²) in [6.45, 7) is 4.21. The molecule has 202 valence electrons. The molecule has 0 spiro atoms. The molecule has 0 bridgehead atoms. The van der Waals surface area contributed by atoms with Crippen molar-refractivity contribution in [1.82, 2.24) is 0 Å². The molecular weight excluding hydrogens is 484 g/mol. The molecule has 2 aromatic rings. The minimum atomic E-state index is -0.653. The minimum absolute atomic E-state index is 0.0205. The summed E-state index contributed by atoms with van der Waals surface area (Å²) < 4.78 is 6.13. The van der Waals surface area contributed by atoms with Gasteiger partial charge in [0.2, 0.25) is 0 Å². The van der Waals surface area contributed by atoms with Gasteiger partial charge in [-0.2, -0.15) is 10.2 Å². The highest BCUT2D eigenvalue weighted by atomic mass is 16.5. The molecule has 5 rings (SSSR count). The summed E-state index contributed by atoms with van der Waals surface area (Å²) in [5, 5.41) is 9.52. The van der Waals surface area contributed by atoms with E-state index in [1.54, 1.807) is 4.90 Å². The largest absolute Gasteiger partial charge is 0.490 e. The topological polar surface area (TPSA) is 93.3 Å². The van der Waals surface area contributed by atoms with Crippen LogP contribution in [0.4, 0.5) is 5.69 Å². The number of hydrogen-bond donors (Lipinski definition) is 2. The first kappa shape index (κ1) is 26.7. The third kappa shape index (κ3) is 5.49. The Balaban J connectivity index is 1.39. The Morgan fingerprint density at radius 3 is 2.51 bits per heavy atom. The number of nitrogens with one attached hydrogen (secondary N) is 1. The number of nitrogens with two attached hydrogens (primary N) is 1. The second-order valence-corrected chi connectivity index (χ2v) is 11.3. The maximum atomic E-state index is 14.2. The Morgan fingerprint density at radius 1 is 1.10 bits per heavy atom. The molecule has 0 saturated heterocycles. The number of benzene rings is 2. The Bertz CT molecular complexity index is 1340. The fourth-order valence-corrected chi connectivity index (χ4v) is 6.31. The van der Waals surface area contributed by atoms with Crippen molar-refractivity contribution in [3.05, 3.63) is 77.4 Å². The number of amides is 1. The quantitative estimate of drug-likeness (QED) is 0.510. The zero-order chi connectivity index (χ0) is 27.4. The van der Waals surface area contributed by atoms with Crippen LogP contribution in [0.2, 0.25) is 0 Å². The normalized spacial score (nSPS) is 23.6. The molecular formula is C33H39N4O2+. The van der Waals surface area contributed by atoms with Crippen molar-refractivity contribution >= 4 is 23.1 Å². The molecule has 3 aliphatic rings. The van der Waals surface area contributed by atoms with Crippen molar-refractivity contribution in [2.24, 2.45) is 11.1 Å². The number of guanidine groups is 1. The SMILES string of the molecule is CCCC1[NH+]=C(N)N(c2ccc(OC3CCCC3)cc2)C(=O)C1(C)CC1=CC=C(c2ccccc2C#N)CC1. The number of rotatable bonds is 8. The van der Waals surface area contributed by atoms with Crippen LogP contribution in [0.25, 0.3) is 5.57 Å². The Kier molecular flexibility index (Phi) is 7.88. The fraction of sp³-hybridized carbons (Fsp3) is 0.424. The number of allylic oxidation sites excluding steroid dienone is 4. The van der Waals surface area contributed by atoms with Crippen LogP contribution in [0.1, 0.15) is 82.8 Å². The summed E-state index contributed by atoms with van der Waals surface area (Å²) in [4.78, 5) is 19.4. The van der Waals surface area contributed by atoms with Gasteiger partial charge in [-0.05, 0) is 99.8 Å². The van der Waals surface area contributed by atoms with Crippen molar-refractivity contribution in [3.8, 4) is 11.8 Å². The van der Waals surface area contributed by atoms with Crippen molar-refractivity contribution in [1.29, 1.82) is 5.26 Å². The van der Waals surface area contributed by atoms with Gasteiger partial charge in [0.15, 0.2) is 0 Å². The van der Waals surface area contributed by atoms with E-state index in [4.69, 9.17) is 10.5 Å². The molecule has 2 aliphatic carbocycles. The summed E-state index contributed by atoms with van der Waals surface area (Å²) in [7, 11) is 0. The van der Waals surface area contributed by atoms with E-state index < -0.39 is 5.41 Å². The van der Waals surface area contributed by atoms with Crippen LogP contribution in [0.3, 0.4) is 0 Å². The van der Waals surface area contributed by atoms with Crippen molar-refractivity contribution in [3.63, 3.8) is 0 Å². The van der Waals surface area contributed by atoms with Crippen LogP contribution >= 0.6 is 0 Å². The van der Waals surface area contributed by atoms with Gasteiger partial charge in [0.25, 0.3) is 5.91 Å². The smallest absolute Gasteiger partial charge is 0.356 e. The average Bonchev–Trinajstić information content (AvgIpc) is 3.46. The summed E-state index contributed by atoms with van der Waals surface area (Å²) in [6, 6.07) is 17.7. The number of hydrogen-bond acceptors (Lipinski definition) is 4. The van der Waals surface area contributed by atoms with Crippen LogP contribution in [0.15, 0.2) is 66.3 Å². The lowest BCUT2D eigenvalue weighted by Crippen LogP contribution is -2.92. The van der Waals surface area contributed by atoms with Gasteiger partial charge in [0.1, 0.15) is 11.4 Å². The van der Waals surface area contributed by atoms with Crippen molar-refractivity contribution < 1.29 is 14.5 Å². The monoisotopic (exact) mass is 523 g/mol. The van der Waals surface area contributed by atoms with E-state index in [2.05, 4.69) is 37.1 Å². The van der Waals surface area contributed by atoms with Gasteiger partial charge in [0, 0.05) is 0 Å². The van der Waals surface area contributed by atoms with Crippen molar-refractivity contribution in [2.45, 2.75) is 83.8 Å². The second kappa shape index (κ2) is 11.5. The maximum absolute atomic E-state index is 14.2. The molecule has 3 N–H and O–H groups in total. The lowest BCUT2D eigenvalue weighted by atomic mass is 9.71. The van der Waals surface area contributed by atoms with Crippen LogP contribution in [-0.4, -0.2) is 24.0 Å². The molecule has 2 atom stereocenters. The van der Waals surface area contributed by atoms with E-state index in [-0.39, 0.29) is 18.1 Å². The van der Waals surface area contributed by atoms with E-state index in [0.29, 0.717) is 17.9 Å². The molecule has 1 aliphatic heterocycles. The molecule has 1 heterocycles. The average molecular weight is 524 g/mol. The highest BCUT2D eigenvalue weighted by Crippen LogP contribution is 2.39. The van der Waals surface area contributed by atoms with Gasteiger partial charge in [-0.25, -0.2) is 0 Å². The molecule has 1 amide bonds. The van der Waals surface area contributed by atoms with E-state index in [9.17, 15) is 10.1 Å².